The number of carbonyl (C=O) groups excluding carboxylic acids is 1. The molecular weight excluding hydrogens is 288 g/mol. The maximum Gasteiger partial charge on any atom is 0.310 e. The van der Waals surface area contributed by atoms with E-state index >= 15 is 0 Å². The fourth-order valence-corrected chi connectivity index (χ4v) is 2.13. The van der Waals surface area contributed by atoms with Gasteiger partial charge in [-0.2, -0.15) is 0 Å². The molecule has 0 spiro atoms. The molecule has 0 radical (unpaired) electrons. The van der Waals surface area contributed by atoms with Crippen LogP contribution < -0.4 is 4.74 Å². The molecule has 21 heavy (non-hydrogen) atoms. The SMILES string of the molecule is CCOC(=O)Cc1ccc(-c2ccc(OCCl)cc2)cc1. The van der Waals surface area contributed by atoms with Crippen LogP contribution in [0.5, 0.6) is 5.75 Å². The summed E-state index contributed by atoms with van der Waals surface area (Å²) >= 11 is 5.51. The second kappa shape index (κ2) is 7.70. The number of alkyl halides is 1. The van der Waals surface area contributed by atoms with Crippen molar-refractivity contribution in [1.29, 1.82) is 0 Å². The van der Waals surface area contributed by atoms with E-state index in [-0.39, 0.29) is 12.0 Å². The molecule has 0 bridgehead atoms. The molecule has 0 heterocycles. The molecule has 0 N–H and O–H groups in total. The Labute approximate surface area is 129 Å². The first-order valence-electron chi connectivity index (χ1n) is 6.76. The topological polar surface area (TPSA) is 35.5 Å². The van der Waals surface area contributed by atoms with Crippen molar-refractivity contribution in [1.82, 2.24) is 0 Å². The molecule has 4 heteroatoms. The number of ether oxygens (including phenoxy) is 2. The lowest BCUT2D eigenvalue weighted by Crippen LogP contribution is -2.07. The van der Waals surface area contributed by atoms with Gasteiger partial charge < -0.3 is 9.47 Å². The molecule has 2 aromatic rings. The van der Waals surface area contributed by atoms with Crippen LogP contribution in [-0.4, -0.2) is 18.6 Å². The van der Waals surface area contributed by atoms with Crippen molar-refractivity contribution in [3.63, 3.8) is 0 Å². The molecule has 110 valence electrons. The minimum atomic E-state index is -0.201. The van der Waals surface area contributed by atoms with Crippen LogP contribution in [0.4, 0.5) is 0 Å². The average molecular weight is 305 g/mol. The second-order valence-electron chi connectivity index (χ2n) is 4.46. The molecule has 2 rings (SSSR count). The smallest absolute Gasteiger partial charge is 0.310 e. The Hall–Kier alpha value is -2.00. The maximum atomic E-state index is 11.4. The number of esters is 1. The third-order valence-electron chi connectivity index (χ3n) is 3.02. The Kier molecular flexibility index (Phi) is 5.64. The molecule has 3 nitrogen and oxygen atoms in total. The van der Waals surface area contributed by atoms with Gasteiger partial charge in [0.1, 0.15) is 5.75 Å². The standard InChI is InChI=1S/C17H17ClO3/c1-2-20-17(19)11-13-3-5-14(6-4-13)15-7-9-16(10-8-15)21-12-18/h3-10H,2,11-12H2,1H3. The molecule has 0 atom stereocenters. The Morgan fingerprint density at radius 2 is 1.57 bits per heavy atom. The molecule has 0 amide bonds. The number of hydrogen-bond donors (Lipinski definition) is 0. The van der Waals surface area contributed by atoms with Gasteiger partial charge in [0.2, 0.25) is 0 Å². The highest BCUT2D eigenvalue weighted by molar-refractivity contribution is 6.17. The Morgan fingerprint density at radius 1 is 1.00 bits per heavy atom. The molecule has 0 aliphatic carbocycles. The summed E-state index contributed by atoms with van der Waals surface area (Å²) in [5.74, 6) is 0.542. The van der Waals surface area contributed by atoms with Crippen molar-refractivity contribution in [3.05, 3.63) is 54.1 Å². The van der Waals surface area contributed by atoms with Crippen LogP contribution in [0.1, 0.15) is 12.5 Å². The van der Waals surface area contributed by atoms with Crippen LogP contribution in [0.25, 0.3) is 11.1 Å². The second-order valence-corrected chi connectivity index (χ2v) is 4.67. The van der Waals surface area contributed by atoms with E-state index in [9.17, 15) is 4.79 Å². The summed E-state index contributed by atoms with van der Waals surface area (Å²) in [7, 11) is 0. The van der Waals surface area contributed by atoms with Crippen molar-refractivity contribution in [3.8, 4) is 16.9 Å². The Balaban J connectivity index is 2.06. The lowest BCUT2D eigenvalue weighted by Gasteiger charge is -2.06. The summed E-state index contributed by atoms with van der Waals surface area (Å²) in [5.41, 5.74) is 3.11. The van der Waals surface area contributed by atoms with Gasteiger partial charge in [-0.15, -0.1) is 0 Å². The monoisotopic (exact) mass is 304 g/mol. The fraction of sp³-hybridized carbons (Fsp3) is 0.235. The van der Waals surface area contributed by atoms with Gasteiger partial charge in [-0.1, -0.05) is 48.0 Å². The predicted molar refractivity (Wildman–Crippen MR) is 83.6 cm³/mol. The van der Waals surface area contributed by atoms with Crippen molar-refractivity contribution in [2.45, 2.75) is 13.3 Å². The number of hydrogen-bond acceptors (Lipinski definition) is 3. The summed E-state index contributed by atoms with van der Waals surface area (Å²) in [6, 6.07) is 15.7. The van der Waals surface area contributed by atoms with Crippen molar-refractivity contribution in [2.24, 2.45) is 0 Å². The van der Waals surface area contributed by atoms with Crippen LogP contribution in [-0.2, 0) is 16.0 Å². The van der Waals surface area contributed by atoms with Crippen LogP contribution in [0, 0.1) is 0 Å². The zero-order valence-corrected chi connectivity index (χ0v) is 12.6. The van der Waals surface area contributed by atoms with E-state index in [0.717, 1.165) is 22.4 Å². The highest BCUT2D eigenvalue weighted by Crippen LogP contribution is 2.23. The van der Waals surface area contributed by atoms with E-state index in [1.165, 1.54) is 0 Å². The van der Waals surface area contributed by atoms with Gasteiger partial charge in [0.05, 0.1) is 13.0 Å². The summed E-state index contributed by atoms with van der Waals surface area (Å²) < 4.78 is 10.1. The van der Waals surface area contributed by atoms with Crippen molar-refractivity contribution in [2.75, 3.05) is 12.7 Å². The highest BCUT2D eigenvalue weighted by atomic mass is 35.5. The van der Waals surface area contributed by atoms with E-state index in [2.05, 4.69) is 0 Å². The number of rotatable bonds is 6. The first-order valence-corrected chi connectivity index (χ1v) is 7.30. The summed E-state index contributed by atoms with van der Waals surface area (Å²) in [5, 5.41) is 0. The third kappa shape index (κ3) is 4.50. The molecule has 2 aromatic carbocycles. The Bertz CT molecular complexity index is 576. The summed E-state index contributed by atoms with van der Waals surface area (Å²) in [4.78, 5) is 11.4. The summed E-state index contributed by atoms with van der Waals surface area (Å²) in [6.07, 6.45) is 0.302. The van der Waals surface area contributed by atoms with Crippen molar-refractivity contribution >= 4 is 17.6 Å². The van der Waals surface area contributed by atoms with Gasteiger partial charge >= 0.3 is 5.97 Å². The maximum absolute atomic E-state index is 11.4. The van der Waals surface area contributed by atoms with Crippen LogP contribution in [0.2, 0.25) is 0 Å². The van der Waals surface area contributed by atoms with E-state index in [0.29, 0.717) is 13.0 Å². The van der Waals surface area contributed by atoms with Crippen LogP contribution >= 0.6 is 11.6 Å². The molecule has 0 saturated heterocycles. The lowest BCUT2D eigenvalue weighted by atomic mass is 10.0. The quantitative estimate of drug-likeness (QED) is 0.597. The first kappa shape index (κ1) is 15.4. The Morgan fingerprint density at radius 3 is 2.10 bits per heavy atom. The summed E-state index contributed by atoms with van der Waals surface area (Å²) in [6.45, 7) is 2.21. The van der Waals surface area contributed by atoms with Gasteiger partial charge in [-0.3, -0.25) is 4.79 Å². The van der Waals surface area contributed by atoms with Gasteiger partial charge in [0.25, 0.3) is 0 Å². The molecule has 0 aliphatic heterocycles. The van der Waals surface area contributed by atoms with E-state index < -0.39 is 0 Å². The molecular formula is C17H17ClO3. The average Bonchev–Trinajstić information content (AvgIpc) is 2.49. The third-order valence-corrected chi connectivity index (χ3v) is 3.13. The van der Waals surface area contributed by atoms with Gasteiger partial charge in [0.15, 0.2) is 6.07 Å². The van der Waals surface area contributed by atoms with Crippen molar-refractivity contribution < 1.29 is 14.3 Å². The van der Waals surface area contributed by atoms with E-state index in [4.69, 9.17) is 21.1 Å². The van der Waals surface area contributed by atoms with Crippen LogP contribution in [0.3, 0.4) is 0 Å². The zero-order valence-electron chi connectivity index (χ0n) is 11.8. The lowest BCUT2D eigenvalue weighted by molar-refractivity contribution is -0.142. The zero-order chi connectivity index (χ0) is 15.1. The molecule has 0 aromatic heterocycles. The first-order chi connectivity index (χ1) is 10.2. The van der Waals surface area contributed by atoms with Gasteiger partial charge in [-0.25, -0.2) is 0 Å². The number of benzene rings is 2. The molecule has 0 unspecified atom stereocenters. The largest absolute Gasteiger partial charge is 0.478 e. The highest BCUT2D eigenvalue weighted by Gasteiger charge is 2.04. The molecule has 0 saturated carbocycles. The fourth-order valence-electron chi connectivity index (χ4n) is 2.00. The molecule has 0 fully saturated rings. The van der Waals surface area contributed by atoms with E-state index in [1.54, 1.807) is 6.92 Å². The number of halogens is 1. The number of carbonyl (C=O) groups is 1. The van der Waals surface area contributed by atoms with Gasteiger partial charge in [-0.05, 0) is 35.7 Å². The minimum absolute atomic E-state index is 0.141. The van der Waals surface area contributed by atoms with E-state index in [1.807, 2.05) is 48.5 Å². The minimum Gasteiger partial charge on any atom is -0.478 e. The predicted octanol–water partition coefficient (Wildman–Crippen LogP) is 4.03. The normalized spacial score (nSPS) is 10.2. The van der Waals surface area contributed by atoms with Gasteiger partial charge in [0, 0.05) is 0 Å². The van der Waals surface area contributed by atoms with Crippen LogP contribution in [0.15, 0.2) is 48.5 Å². The molecule has 0 aliphatic rings.